The maximum atomic E-state index is 12.2. The van der Waals surface area contributed by atoms with Crippen LogP contribution < -0.4 is 14.8 Å². The van der Waals surface area contributed by atoms with E-state index in [1.807, 2.05) is 56.3 Å². The van der Waals surface area contributed by atoms with Crippen molar-refractivity contribution >= 4 is 27.5 Å². The van der Waals surface area contributed by atoms with Crippen LogP contribution in [0, 0.1) is 13.8 Å². The van der Waals surface area contributed by atoms with Gasteiger partial charge in [-0.1, -0.05) is 46.3 Å². The number of nitrogens with one attached hydrogen (secondary N) is 1. The lowest BCUT2D eigenvalue weighted by atomic mass is 10.1. The van der Waals surface area contributed by atoms with Gasteiger partial charge in [-0.25, -0.2) is 0 Å². The van der Waals surface area contributed by atoms with Crippen molar-refractivity contribution in [3.8, 4) is 11.5 Å². The molecule has 30 heavy (non-hydrogen) atoms. The van der Waals surface area contributed by atoms with E-state index >= 15 is 0 Å². The predicted molar refractivity (Wildman–Crippen MR) is 124 cm³/mol. The summed E-state index contributed by atoms with van der Waals surface area (Å²) in [7, 11) is 0. The highest BCUT2D eigenvalue weighted by molar-refractivity contribution is 9.10. The molecule has 0 aliphatic heterocycles. The number of halogens is 1. The number of rotatable bonds is 9. The van der Waals surface area contributed by atoms with Crippen molar-refractivity contribution in [2.24, 2.45) is 0 Å². The zero-order chi connectivity index (χ0) is 21.3. The summed E-state index contributed by atoms with van der Waals surface area (Å²) in [6.07, 6.45) is 1.95. The van der Waals surface area contributed by atoms with E-state index in [4.69, 9.17) is 9.47 Å². The van der Waals surface area contributed by atoms with Crippen LogP contribution in [-0.2, 0) is 11.2 Å². The zero-order valence-corrected chi connectivity index (χ0v) is 18.9. The molecule has 0 fully saturated rings. The van der Waals surface area contributed by atoms with E-state index in [0.29, 0.717) is 12.3 Å². The Morgan fingerprint density at radius 1 is 0.933 bits per heavy atom. The van der Waals surface area contributed by atoms with Gasteiger partial charge in [0.05, 0.1) is 6.61 Å². The van der Waals surface area contributed by atoms with E-state index in [9.17, 15) is 4.79 Å². The highest BCUT2D eigenvalue weighted by Crippen LogP contribution is 2.27. The summed E-state index contributed by atoms with van der Waals surface area (Å²) >= 11 is 3.46. The van der Waals surface area contributed by atoms with Gasteiger partial charge in [-0.15, -0.1) is 0 Å². The summed E-state index contributed by atoms with van der Waals surface area (Å²) in [6, 6.07) is 21.7. The third-order valence-corrected chi connectivity index (χ3v) is 5.09. The minimum atomic E-state index is -0.201. The lowest BCUT2D eigenvalue weighted by Gasteiger charge is -2.13. The summed E-state index contributed by atoms with van der Waals surface area (Å²) in [5, 5.41) is 2.85. The van der Waals surface area contributed by atoms with Crippen LogP contribution in [0.3, 0.4) is 0 Å². The number of benzene rings is 3. The molecule has 0 atom stereocenters. The lowest BCUT2D eigenvalue weighted by molar-refractivity contribution is -0.118. The molecule has 1 amide bonds. The molecule has 0 bridgehead atoms. The molecule has 156 valence electrons. The second-order valence-corrected chi connectivity index (χ2v) is 8.08. The second-order valence-electron chi connectivity index (χ2n) is 7.17. The molecule has 0 unspecified atom stereocenters. The van der Waals surface area contributed by atoms with E-state index < -0.39 is 0 Å². The number of hydrogen-bond acceptors (Lipinski definition) is 3. The minimum Gasteiger partial charge on any atom is -0.494 e. The fraction of sp³-hybridized carbons (Fsp3) is 0.240. The molecule has 3 rings (SSSR count). The Kier molecular flexibility index (Phi) is 7.91. The van der Waals surface area contributed by atoms with E-state index in [1.54, 1.807) is 0 Å². The number of carbonyl (C=O) groups excluding carboxylic acids is 1. The summed E-state index contributed by atoms with van der Waals surface area (Å²) in [5.41, 5.74) is 4.01. The molecule has 0 aliphatic rings. The van der Waals surface area contributed by atoms with Crippen molar-refractivity contribution in [3.63, 3.8) is 0 Å². The van der Waals surface area contributed by atoms with Gasteiger partial charge >= 0.3 is 0 Å². The van der Waals surface area contributed by atoms with E-state index in [2.05, 4.69) is 45.5 Å². The van der Waals surface area contributed by atoms with Crippen molar-refractivity contribution in [2.75, 3.05) is 18.5 Å². The molecule has 0 saturated carbocycles. The van der Waals surface area contributed by atoms with Gasteiger partial charge in [0, 0.05) is 10.2 Å². The van der Waals surface area contributed by atoms with Crippen LogP contribution in [0.5, 0.6) is 11.5 Å². The maximum Gasteiger partial charge on any atom is 0.262 e. The van der Waals surface area contributed by atoms with Crippen LogP contribution in [0.2, 0.25) is 0 Å². The number of hydrogen-bond donors (Lipinski definition) is 1. The van der Waals surface area contributed by atoms with Crippen LogP contribution in [0.15, 0.2) is 71.2 Å². The SMILES string of the molecule is Cc1cc(Br)cc(C)c1OCC(=O)Nc1ccc(OCCCc2ccccc2)cc1. The Labute approximate surface area is 186 Å². The Bertz CT molecular complexity index is 948. The van der Waals surface area contributed by atoms with Gasteiger partial charge < -0.3 is 14.8 Å². The Balaban J connectivity index is 1.42. The highest BCUT2D eigenvalue weighted by atomic mass is 79.9. The normalized spacial score (nSPS) is 10.5. The number of aryl methyl sites for hydroxylation is 3. The number of amides is 1. The first kappa shape index (κ1) is 21.9. The largest absolute Gasteiger partial charge is 0.494 e. The molecule has 3 aromatic rings. The van der Waals surface area contributed by atoms with Crippen LogP contribution in [-0.4, -0.2) is 19.1 Å². The van der Waals surface area contributed by atoms with Crippen molar-refractivity contribution in [3.05, 3.63) is 87.9 Å². The van der Waals surface area contributed by atoms with Crippen molar-refractivity contribution in [2.45, 2.75) is 26.7 Å². The number of ether oxygens (including phenoxy) is 2. The van der Waals surface area contributed by atoms with Crippen LogP contribution >= 0.6 is 15.9 Å². The van der Waals surface area contributed by atoms with Gasteiger partial charge in [-0.05, 0) is 79.8 Å². The van der Waals surface area contributed by atoms with Gasteiger partial charge in [0.1, 0.15) is 11.5 Å². The summed E-state index contributed by atoms with van der Waals surface area (Å²) in [6.45, 7) is 4.54. The fourth-order valence-corrected chi connectivity index (χ4v) is 3.89. The van der Waals surface area contributed by atoms with Gasteiger partial charge in [0.2, 0.25) is 0 Å². The van der Waals surface area contributed by atoms with Crippen LogP contribution in [0.25, 0.3) is 0 Å². The van der Waals surface area contributed by atoms with Gasteiger partial charge in [0.15, 0.2) is 6.61 Å². The van der Waals surface area contributed by atoms with Crippen molar-refractivity contribution < 1.29 is 14.3 Å². The quantitative estimate of drug-likeness (QED) is 0.387. The van der Waals surface area contributed by atoms with Gasteiger partial charge in [-0.3, -0.25) is 4.79 Å². The van der Waals surface area contributed by atoms with Crippen LogP contribution in [0.4, 0.5) is 5.69 Å². The van der Waals surface area contributed by atoms with E-state index in [-0.39, 0.29) is 12.5 Å². The average molecular weight is 468 g/mol. The Morgan fingerprint density at radius 2 is 1.60 bits per heavy atom. The highest BCUT2D eigenvalue weighted by Gasteiger charge is 2.09. The first-order chi connectivity index (χ1) is 14.5. The fourth-order valence-electron chi connectivity index (χ4n) is 3.21. The summed E-state index contributed by atoms with van der Waals surface area (Å²) < 4.78 is 12.5. The molecule has 0 aliphatic carbocycles. The molecule has 0 heterocycles. The summed E-state index contributed by atoms with van der Waals surface area (Å²) in [4.78, 5) is 12.2. The van der Waals surface area contributed by atoms with Crippen LogP contribution in [0.1, 0.15) is 23.1 Å². The molecule has 0 spiro atoms. The topological polar surface area (TPSA) is 47.6 Å². The first-order valence-electron chi connectivity index (χ1n) is 9.97. The smallest absolute Gasteiger partial charge is 0.262 e. The molecule has 0 radical (unpaired) electrons. The molecular formula is C25H26BrNO3. The van der Waals surface area contributed by atoms with Gasteiger partial charge in [0.25, 0.3) is 5.91 Å². The van der Waals surface area contributed by atoms with E-state index in [0.717, 1.165) is 39.9 Å². The predicted octanol–water partition coefficient (Wildman–Crippen LogP) is 6.10. The van der Waals surface area contributed by atoms with E-state index in [1.165, 1.54) is 5.56 Å². The first-order valence-corrected chi connectivity index (χ1v) is 10.8. The van der Waals surface area contributed by atoms with Crippen molar-refractivity contribution in [1.29, 1.82) is 0 Å². The monoisotopic (exact) mass is 467 g/mol. The summed E-state index contributed by atoms with van der Waals surface area (Å²) in [5.74, 6) is 1.33. The molecule has 3 aromatic carbocycles. The average Bonchev–Trinajstić information content (AvgIpc) is 2.72. The second kappa shape index (κ2) is 10.8. The Hall–Kier alpha value is -2.79. The zero-order valence-electron chi connectivity index (χ0n) is 17.3. The molecule has 4 nitrogen and oxygen atoms in total. The van der Waals surface area contributed by atoms with Crippen molar-refractivity contribution in [1.82, 2.24) is 0 Å². The Morgan fingerprint density at radius 3 is 2.27 bits per heavy atom. The molecule has 0 saturated heterocycles. The molecule has 5 heteroatoms. The minimum absolute atomic E-state index is 0.0406. The molecule has 1 N–H and O–H groups in total. The molecule has 0 aromatic heterocycles. The molecular weight excluding hydrogens is 442 g/mol. The number of carbonyl (C=O) groups is 1. The third-order valence-electron chi connectivity index (χ3n) is 4.63. The standard InChI is InChI=1S/C25H26BrNO3/c1-18-15-21(26)16-19(2)25(18)30-17-24(28)27-22-10-12-23(13-11-22)29-14-6-9-20-7-4-3-5-8-20/h3-5,7-8,10-13,15-16H,6,9,14,17H2,1-2H3,(H,27,28). The number of anilines is 1. The van der Waals surface area contributed by atoms with Gasteiger partial charge in [-0.2, -0.15) is 0 Å². The lowest BCUT2D eigenvalue weighted by Crippen LogP contribution is -2.20. The third kappa shape index (κ3) is 6.63. The maximum absolute atomic E-state index is 12.2.